The van der Waals surface area contributed by atoms with Gasteiger partial charge in [-0.1, -0.05) is 12.1 Å². The second kappa shape index (κ2) is 5.79. The van der Waals surface area contributed by atoms with Crippen molar-refractivity contribution in [2.45, 2.75) is 19.0 Å². The lowest BCUT2D eigenvalue weighted by Gasteiger charge is -2.34. The van der Waals surface area contributed by atoms with Crippen LogP contribution in [0, 0.1) is 10.1 Å². The van der Waals surface area contributed by atoms with Crippen LogP contribution < -0.4 is 5.32 Å². The monoisotopic (exact) mass is 304 g/mol. The van der Waals surface area contributed by atoms with E-state index in [1.54, 1.807) is 24.3 Å². The fourth-order valence-corrected chi connectivity index (χ4v) is 3.02. The summed E-state index contributed by atoms with van der Waals surface area (Å²) in [6.07, 6.45) is 5.96. The van der Waals surface area contributed by atoms with Crippen LogP contribution in [0.4, 0.5) is 5.69 Å². The maximum atomic E-state index is 11.0. The Morgan fingerprint density at radius 1 is 1.33 bits per heavy atom. The molecule has 2 saturated heterocycles. The maximum absolute atomic E-state index is 11.0. The number of thiocarbonyl (C=S) groups is 1. The molecule has 0 amide bonds. The van der Waals surface area contributed by atoms with Crippen LogP contribution in [0.3, 0.4) is 0 Å². The Hall–Kier alpha value is -1.99. The van der Waals surface area contributed by atoms with E-state index in [4.69, 9.17) is 12.2 Å². The van der Waals surface area contributed by atoms with Crippen molar-refractivity contribution in [2.24, 2.45) is 0 Å². The highest BCUT2D eigenvalue weighted by Gasteiger charge is 2.34. The molecule has 7 heteroatoms. The van der Waals surface area contributed by atoms with E-state index in [1.807, 2.05) is 6.08 Å². The molecule has 2 fully saturated rings. The number of nitro groups is 1. The van der Waals surface area contributed by atoms with Gasteiger partial charge in [-0.15, -0.1) is 0 Å². The second-order valence-corrected chi connectivity index (χ2v) is 5.45. The molecule has 21 heavy (non-hydrogen) atoms. The summed E-state index contributed by atoms with van der Waals surface area (Å²) in [5.74, 6) is 0. The van der Waals surface area contributed by atoms with Crippen LogP contribution in [0.1, 0.15) is 18.4 Å². The van der Waals surface area contributed by atoms with Crippen LogP contribution in [-0.2, 0) is 0 Å². The number of benzene rings is 1. The summed E-state index contributed by atoms with van der Waals surface area (Å²) in [5.41, 5.74) is 0.718. The van der Waals surface area contributed by atoms with E-state index in [0.29, 0.717) is 5.56 Å². The highest BCUT2D eigenvalue weighted by molar-refractivity contribution is 7.80. The third-order valence-corrected chi connectivity index (χ3v) is 4.06. The van der Waals surface area contributed by atoms with Crippen LogP contribution in [0.2, 0.25) is 0 Å². The minimum absolute atomic E-state index is 0.0300. The van der Waals surface area contributed by atoms with Crippen molar-refractivity contribution in [3.8, 4) is 0 Å². The molecule has 1 aromatic rings. The van der Waals surface area contributed by atoms with Crippen LogP contribution in [0.5, 0.6) is 0 Å². The largest absolute Gasteiger partial charge is 0.341 e. The average Bonchev–Trinajstić information content (AvgIpc) is 2.82. The molecule has 0 bridgehead atoms. The van der Waals surface area contributed by atoms with E-state index in [2.05, 4.69) is 15.3 Å². The SMILES string of the molecule is O=[N+]([O-])c1ccccc1/C=C/C1NC(=S)N2CCCCN12. The topological polar surface area (TPSA) is 61.7 Å². The lowest BCUT2D eigenvalue weighted by molar-refractivity contribution is -0.385. The minimum atomic E-state index is -0.362. The molecule has 2 aliphatic heterocycles. The van der Waals surface area contributed by atoms with Gasteiger partial charge in [-0.2, -0.15) is 5.01 Å². The quantitative estimate of drug-likeness (QED) is 0.524. The standard InChI is InChI=1S/C14H16N4O2S/c19-18(20)12-6-2-1-5-11(12)7-8-13-15-14(21)17-10-4-3-9-16(13)17/h1-2,5-8,13H,3-4,9-10H2,(H,15,21)/b8-7+. The van der Waals surface area contributed by atoms with Gasteiger partial charge in [0.1, 0.15) is 6.17 Å². The first-order valence-corrected chi connectivity index (χ1v) is 7.34. The van der Waals surface area contributed by atoms with E-state index in [0.717, 1.165) is 31.0 Å². The summed E-state index contributed by atoms with van der Waals surface area (Å²) in [7, 11) is 0. The zero-order valence-electron chi connectivity index (χ0n) is 11.4. The van der Waals surface area contributed by atoms with Gasteiger partial charge in [0.05, 0.1) is 10.5 Å². The Morgan fingerprint density at radius 2 is 2.10 bits per heavy atom. The summed E-state index contributed by atoms with van der Waals surface area (Å²) in [4.78, 5) is 10.7. The molecule has 1 atom stereocenters. The van der Waals surface area contributed by atoms with Gasteiger partial charge in [-0.3, -0.25) is 15.1 Å². The zero-order chi connectivity index (χ0) is 14.8. The first-order valence-electron chi connectivity index (χ1n) is 6.93. The lowest BCUT2D eigenvalue weighted by Crippen LogP contribution is -2.46. The summed E-state index contributed by atoms with van der Waals surface area (Å²) in [6, 6.07) is 6.73. The van der Waals surface area contributed by atoms with E-state index < -0.39 is 0 Å². The molecule has 110 valence electrons. The summed E-state index contributed by atoms with van der Waals surface area (Å²) >= 11 is 5.32. The molecule has 1 aromatic carbocycles. The first kappa shape index (κ1) is 14.0. The van der Waals surface area contributed by atoms with E-state index in [-0.39, 0.29) is 16.8 Å². The number of para-hydroxylation sites is 1. The van der Waals surface area contributed by atoms with Crippen molar-refractivity contribution < 1.29 is 4.92 Å². The summed E-state index contributed by atoms with van der Waals surface area (Å²) < 4.78 is 0. The smallest absolute Gasteiger partial charge is 0.276 e. The Balaban J connectivity index is 1.80. The third-order valence-electron chi connectivity index (χ3n) is 3.74. The number of nitrogens with one attached hydrogen (secondary N) is 1. The number of nitro benzene ring substituents is 1. The predicted molar refractivity (Wildman–Crippen MR) is 84.3 cm³/mol. The fourth-order valence-electron chi connectivity index (χ4n) is 2.70. The van der Waals surface area contributed by atoms with Gasteiger partial charge in [0, 0.05) is 19.2 Å². The number of hydrogen-bond donors (Lipinski definition) is 1. The van der Waals surface area contributed by atoms with E-state index in [1.165, 1.54) is 6.07 Å². The van der Waals surface area contributed by atoms with E-state index >= 15 is 0 Å². The summed E-state index contributed by atoms with van der Waals surface area (Å²) in [5, 5.41) is 19.2. The van der Waals surface area contributed by atoms with Gasteiger partial charge in [-0.05, 0) is 43.3 Å². The molecule has 0 radical (unpaired) electrons. The maximum Gasteiger partial charge on any atom is 0.276 e. The molecule has 0 aliphatic carbocycles. The molecule has 6 nitrogen and oxygen atoms in total. The normalized spacial score (nSPS) is 22.4. The molecule has 0 saturated carbocycles. The molecule has 0 aromatic heterocycles. The molecule has 1 unspecified atom stereocenters. The number of rotatable bonds is 3. The van der Waals surface area contributed by atoms with Gasteiger partial charge in [0.2, 0.25) is 0 Å². The fraction of sp³-hybridized carbons (Fsp3) is 0.357. The van der Waals surface area contributed by atoms with Gasteiger partial charge in [0.15, 0.2) is 5.11 Å². The molecular formula is C14H16N4O2S. The van der Waals surface area contributed by atoms with Crippen molar-refractivity contribution in [1.29, 1.82) is 0 Å². The van der Waals surface area contributed by atoms with Gasteiger partial charge < -0.3 is 5.32 Å². The number of nitrogens with zero attached hydrogens (tertiary/aromatic N) is 3. The highest BCUT2D eigenvalue weighted by Crippen LogP contribution is 2.23. The number of fused-ring (bicyclic) bond motifs is 1. The Labute approximate surface area is 128 Å². The van der Waals surface area contributed by atoms with Crippen LogP contribution >= 0.6 is 12.2 Å². The van der Waals surface area contributed by atoms with Crippen molar-refractivity contribution in [3.05, 3.63) is 46.0 Å². The van der Waals surface area contributed by atoms with Crippen molar-refractivity contribution in [2.75, 3.05) is 13.1 Å². The Morgan fingerprint density at radius 3 is 2.90 bits per heavy atom. The molecule has 2 aliphatic rings. The summed E-state index contributed by atoms with van der Waals surface area (Å²) in [6.45, 7) is 1.88. The Bertz CT molecular complexity index is 604. The van der Waals surface area contributed by atoms with Crippen LogP contribution in [0.25, 0.3) is 6.08 Å². The molecule has 2 heterocycles. The van der Waals surface area contributed by atoms with Crippen LogP contribution in [0.15, 0.2) is 30.3 Å². The third kappa shape index (κ3) is 2.74. The first-order chi connectivity index (χ1) is 10.2. The number of hydrazine groups is 1. The molecule has 1 N–H and O–H groups in total. The van der Waals surface area contributed by atoms with Gasteiger partial charge in [-0.25, -0.2) is 0 Å². The van der Waals surface area contributed by atoms with Gasteiger partial charge in [0.25, 0.3) is 5.69 Å². The number of hydrogen-bond acceptors (Lipinski definition) is 4. The van der Waals surface area contributed by atoms with Crippen LogP contribution in [-0.4, -0.2) is 39.3 Å². The molecule has 0 spiro atoms. The van der Waals surface area contributed by atoms with Crippen molar-refractivity contribution in [1.82, 2.24) is 15.3 Å². The second-order valence-electron chi connectivity index (χ2n) is 5.06. The molecular weight excluding hydrogens is 288 g/mol. The van der Waals surface area contributed by atoms with Gasteiger partial charge >= 0.3 is 0 Å². The van der Waals surface area contributed by atoms with Crippen molar-refractivity contribution in [3.63, 3.8) is 0 Å². The average molecular weight is 304 g/mol. The van der Waals surface area contributed by atoms with E-state index in [9.17, 15) is 10.1 Å². The zero-order valence-corrected chi connectivity index (χ0v) is 12.3. The lowest BCUT2D eigenvalue weighted by atomic mass is 10.1. The predicted octanol–water partition coefficient (Wildman–Crippen LogP) is 2.13. The molecule has 3 rings (SSSR count). The van der Waals surface area contributed by atoms with Crippen molar-refractivity contribution >= 4 is 29.1 Å². The minimum Gasteiger partial charge on any atom is -0.341 e. The highest BCUT2D eigenvalue weighted by atomic mass is 32.1. The Kier molecular flexibility index (Phi) is 3.85.